The van der Waals surface area contributed by atoms with Crippen molar-refractivity contribution in [3.8, 4) is 0 Å². The quantitative estimate of drug-likeness (QED) is 0.798. The first kappa shape index (κ1) is 11.4. The first-order valence-corrected chi connectivity index (χ1v) is 5.38. The van der Waals surface area contributed by atoms with Crippen molar-refractivity contribution in [1.82, 2.24) is 4.98 Å². The van der Waals surface area contributed by atoms with E-state index in [1.807, 2.05) is 19.9 Å². The van der Waals surface area contributed by atoms with Crippen molar-refractivity contribution >= 4 is 23.2 Å². The van der Waals surface area contributed by atoms with Crippen LogP contribution in [0.1, 0.15) is 46.0 Å². The zero-order valence-corrected chi connectivity index (χ0v) is 9.65. The number of carbonyl (C=O) groups excluding carboxylic acids is 1. The Morgan fingerprint density at radius 2 is 2.12 bits per heavy atom. The van der Waals surface area contributed by atoms with Crippen molar-refractivity contribution in [2.75, 3.05) is 0 Å². The first-order chi connectivity index (χ1) is 8.04. The average Bonchev–Trinajstić information content (AvgIpc) is 2.69. The van der Waals surface area contributed by atoms with Crippen LogP contribution in [-0.4, -0.2) is 22.3 Å². The molecule has 0 aliphatic heterocycles. The SMILES string of the molecule is CC(C)c1cc(C(=O)O)c2[nH]cc(C=O)c2c1. The van der Waals surface area contributed by atoms with Crippen LogP contribution >= 0.6 is 0 Å². The van der Waals surface area contributed by atoms with Gasteiger partial charge in [-0.05, 0) is 23.6 Å². The van der Waals surface area contributed by atoms with Crippen LogP contribution in [0.25, 0.3) is 10.9 Å². The van der Waals surface area contributed by atoms with Gasteiger partial charge in [0.1, 0.15) is 0 Å². The van der Waals surface area contributed by atoms with Crippen molar-refractivity contribution in [1.29, 1.82) is 0 Å². The summed E-state index contributed by atoms with van der Waals surface area (Å²) in [6, 6.07) is 3.52. The van der Waals surface area contributed by atoms with Gasteiger partial charge < -0.3 is 10.1 Å². The van der Waals surface area contributed by atoms with Crippen LogP contribution in [0.5, 0.6) is 0 Å². The lowest BCUT2D eigenvalue weighted by Crippen LogP contribution is -2.00. The molecular weight excluding hydrogens is 218 g/mol. The fourth-order valence-electron chi connectivity index (χ4n) is 1.87. The minimum Gasteiger partial charge on any atom is -0.478 e. The summed E-state index contributed by atoms with van der Waals surface area (Å²) in [7, 11) is 0. The molecule has 2 N–H and O–H groups in total. The van der Waals surface area contributed by atoms with E-state index in [4.69, 9.17) is 5.11 Å². The highest BCUT2D eigenvalue weighted by molar-refractivity contribution is 6.07. The maximum absolute atomic E-state index is 11.2. The Labute approximate surface area is 98.3 Å². The third-order valence-corrected chi connectivity index (χ3v) is 2.87. The molecule has 88 valence electrons. The average molecular weight is 231 g/mol. The Balaban J connectivity index is 2.83. The van der Waals surface area contributed by atoms with E-state index in [0.717, 1.165) is 11.8 Å². The summed E-state index contributed by atoms with van der Waals surface area (Å²) in [4.78, 5) is 24.9. The van der Waals surface area contributed by atoms with Crippen molar-refractivity contribution in [2.24, 2.45) is 0 Å². The second kappa shape index (κ2) is 4.05. The number of aldehydes is 1. The molecule has 1 aromatic carbocycles. The number of aromatic amines is 1. The lowest BCUT2D eigenvalue weighted by Gasteiger charge is -2.08. The minimum atomic E-state index is -0.989. The van der Waals surface area contributed by atoms with Gasteiger partial charge >= 0.3 is 5.97 Å². The van der Waals surface area contributed by atoms with Crippen molar-refractivity contribution in [2.45, 2.75) is 19.8 Å². The molecule has 4 nitrogen and oxygen atoms in total. The number of carbonyl (C=O) groups is 2. The highest BCUT2D eigenvalue weighted by Gasteiger charge is 2.15. The number of hydrogen-bond acceptors (Lipinski definition) is 2. The van der Waals surface area contributed by atoms with Gasteiger partial charge in [0.15, 0.2) is 6.29 Å². The van der Waals surface area contributed by atoms with Gasteiger partial charge in [0.05, 0.1) is 11.1 Å². The number of H-pyrrole nitrogens is 1. The summed E-state index contributed by atoms with van der Waals surface area (Å²) in [6.07, 6.45) is 2.27. The fourth-order valence-corrected chi connectivity index (χ4v) is 1.87. The lowest BCUT2D eigenvalue weighted by atomic mass is 9.97. The van der Waals surface area contributed by atoms with Crippen LogP contribution in [0, 0.1) is 0 Å². The van der Waals surface area contributed by atoms with Crippen molar-refractivity contribution in [3.05, 3.63) is 35.0 Å². The van der Waals surface area contributed by atoms with E-state index in [0.29, 0.717) is 16.5 Å². The molecule has 0 radical (unpaired) electrons. The summed E-state index contributed by atoms with van der Waals surface area (Å²) in [5, 5.41) is 9.83. The van der Waals surface area contributed by atoms with E-state index in [9.17, 15) is 9.59 Å². The molecule has 2 aromatic rings. The molecule has 0 aliphatic rings. The molecule has 2 rings (SSSR count). The van der Waals surface area contributed by atoms with Gasteiger partial charge in [-0.25, -0.2) is 4.79 Å². The van der Waals surface area contributed by atoms with E-state index in [1.165, 1.54) is 6.20 Å². The first-order valence-electron chi connectivity index (χ1n) is 5.38. The zero-order valence-electron chi connectivity index (χ0n) is 9.65. The van der Waals surface area contributed by atoms with Crippen LogP contribution in [-0.2, 0) is 0 Å². The Hall–Kier alpha value is -2.10. The van der Waals surface area contributed by atoms with Gasteiger partial charge in [-0.2, -0.15) is 0 Å². The summed E-state index contributed by atoms with van der Waals surface area (Å²) in [5.41, 5.74) is 2.12. The van der Waals surface area contributed by atoms with Gasteiger partial charge in [0, 0.05) is 17.1 Å². The Morgan fingerprint density at radius 3 is 2.65 bits per heavy atom. The predicted octanol–water partition coefficient (Wildman–Crippen LogP) is 2.80. The van der Waals surface area contributed by atoms with E-state index in [2.05, 4.69) is 4.98 Å². The van der Waals surface area contributed by atoms with Crippen molar-refractivity contribution in [3.63, 3.8) is 0 Å². The maximum atomic E-state index is 11.2. The lowest BCUT2D eigenvalue weighted by molar-refractivity contribution is 0.0698. The molecule has 0 saturated heterocycles. The number of aromatic nitrogens is 1. The molecule has 4 heteroatoms. The highest BCUT2D eigenvalue weighted by Crippen LogP contribution is 2.26. The number of benzene rings is 1. The highest BCUT2D eigenvalue weighted by atomic mass is 16.4. The standard InChI is InChI=1S/C13H13NO3/c1-7(2)8-3-10-9(6-15)5-14-12(10)11(4-8)13(16)17/h3-7,14H,1-2H3,(H,16,17). The number of carboxylic acids is 1. The van der Waals surface area contributed by atoms with Crippen LogP contribution in [0.4, 0.5) is 0 Å². The zero-order chi connectivity index (χ0) is 12.6. The van der Waals surface area contributed by atoms with Gasteiger partial charge in [-0.3, -0.25) is 4.79 Å². The molecule has 0 aliphatic carbocycles. The fraction of sp³-hybridized carbons (Fsp3) is 0.231. The Bertz CT molecular complexity index is 596. The second-order valence-corrected chi connectivity index (χ2v) is 4.31. The van der Waals surface area contributed by atoms with Crippen LogP contribution in [0.15, 0.2) is 18.3 Å². The maximum Gasteiger partial charge on any atom is 0.337 e. The van der Waals surface area contributed by atoms with Crippen molar-refractivity contribution < 1.29 is 14.7 Å². The largest absolute Gasteiger partial charge is 0.478 e. The molecule has 0 spiro atoms. The molecule has 0 fully saturated rings. The van der Waals surface area contributed by atoms with E-state index < -0.39 is 5.97 Å². The Kier molecular flexibility index (Phi) is 2.71. The second-order valence-electron chi connectivity index (χ2n) is 4.31. The summed E-state index contributed by atoms with van der Waals surface area (Å²) in [5.74, 6) is -0.774. The Morgan fingerprint density at radius 1 is 1.41 bits per heavy atom. The third kappa shape index (κ3) is 1.82. The van der Waals surface area contributed by atoms with Crippen LogP contribution < -0.4 is 0 Å². The van der Waals surface area contributed by atoms with Crippen LogP contribution in [0.3, 0.4) is 0 Å². The van der Waals surface area contributed by atoms with E-state index >= 15 is 0 Å². The molecule has 1 heterocycles. The predicted molar refractivity (Wildman–Crippen MR) is 64.7 cm³/mol. The van der Waals surface area contributed by atoms with E-state index in [-0.39, 0.29) is 11.5 Å². The topological polar surface area (TPSA) is 70.2 Å². The number of nitrogens with one attached hydrogen (secondary N) is 1. The monoisotopic (exact) mass is 231 g/mol. The van der Waals surface area contributed by atoms with Gasteiger partial charge in [0.2, 0.25) is 0 Å². The molecule has 17 heavy (non-hydrogen) atoms. The normalized spacial score (nSPS) is 11.0. The van der Waals surface area contributed by atoms with Gasteiger partial charge in [-0.1, -0.05) is 13.8 Å². The molecule has 0 unspecified atom stereocenters. The summed E-state index contributed by atoms with van der Waals surface area (Å²) < 4.78 is 0. The smallest absolute Gasteiger partial charge is 0.337 e. The number of fused-ring (bicyclic) bond motifs is 1. The summed E-state index contributed by atoms with van der Waals surface area (Å²) in [6.45, 7) is 3.97. The molecule has 0 saturated carbocycles. The number of hydrogen-bond donors (Lipinski definition) is 2. The van der Waals surface area contributed by atoms with Crippen LogP contribution in [0.2, 0.25) is 0 Å². The number of aromatic carboxylic acids is 1. The van der Waals surface area contributed by atoms with Gasteiger partial charge in [0.25, 0.3) is 0 Å². The molecule has 0 amide bonds. The molecule has 0 atom stereocenters. The van der Waals surface area contributed by atoms with E-state index in [1.54, 1.807) is 6.07 Å². The third-order valence-electron chi connectivity index (χ3n) is 2.87. The molecule has 0 bridgehead atoms. The summed E-state index contributed by atoms with van der Waals surface area (Å²) >= 11 is 0. The number of carboxylic acid groups (broad SMARTS) is 1. The number of rotatable bonds is 3. The minimum absolute atomic E-state index is 0.208. The van der Waals surface area contributed by atoms with Gasteiger partial charge in [-0.15, -0.1) is 0 Å². The molecular formula is C13H13NO3. The molecule has 1 aromatic heterocycles.